The Labute approximate surface area is 203 Å². The molecule has 0 saturated carbocycles. The summed E-state index contributed by atoms with van der Waals surface area (Å²) in [6.07, 6.45) is 12.4. The molecule has 0 fully saturated rings. The smallest absolute Gasteiger partial charge is 0.126 e. The van der Waals surface area contributed by atoms with Crippen molar-refractivity contribution >= 4 is 0 Å². The second-order valence-electron chi connectivity index (χ2n) is 10.8. The molecule has 0 aliphatic carbocycles. The number of hydrogen-bond donors (Lipinski definition) is 0. The van der Waals surface area contributed by atoms with Gasteiger partial charge < -0.3 is 0 Å². The van der Waals surface area contributed by atoms with E-state index in [-0.39, 0.29) is 11.7 Å². The van der Waals surface area contributed by atoms with E-state index in [9.17, 15) is 4.39 Å². The Morgan fingerprint density at radius 3 is 1.47 bits per heavy atom. The first-order valence-electron chi connectivity index (χ1n) is 13.7. The molecule has 1 heteroatoms. The topological polar surface area (TPSA) is 0 Å². The third-order valence-electron chi connectivity index (χ3n) is 7.47. The average molecular weight is 451 g/mol. The SMILES string of the molecule is C=C(/C=C(/F)C(=C)C(C)CCC(C)C(C)CCC(C)CC)C(C)CCC(C)CC.CCC. The Balaban J connectivity index is 0. The van der Waals surface area contributed by atoms with Gasteiger partial charge in [-0.15, -0.1) is 0 Å². The lowest BCUT2D eigenvalue weighted by Gasteiger charge is -2.23. The second-order valence-corrected chi connectivity index (χ2v) is 10.8. The van der Waals surface area contributed by atoms with Gasteiger partial charge in [0.1, 0.15) is 5.83 Å². The van der Waals surface area contributed by atoms with Crippen LogP contribution in [0.1, 0.15) is 127 Å². The highest BCUT2D eigenvalue weighted by Gasteiger charge is 2.18. The van der Waals surface area contributed by atoms with E-state index >= 15 is 0 Å². The van der Waals surface area contributed by atoms with Gasteiger partial charge in [0.25, 0.3) is 0 Å². The van der Waals surface area contributed by atoms with Crippen LogP contribution in [0.2, 0.25) is 0 Å². The molecule has 0 saturated heterocycles. The van der Waals surface area contributed by atoms with Crippen molar-refractivity contribution in [3.8, 4) is 0 Å². The molecular weight excluding hydrogens is 391 g/mol. The first kappa shape index (κ1) is 33.3. The molecule has 0 radical (unpaired) electrons. The zero-order chi connectivity index (χ0) is 25.3. The molecule has 0 aliphatic heterocycles. The van der Waals surface area contributed by atoms with Crippen molar-refractivity contribution in [1.29, 1.82) is 0 Å². The molecule has 0 N–H and O–H groups in total. The van der Waals surface area contributed by atoms with E-state index < -0.39 is 0 Å². The van der Waals surface area contributed by atoms with Crippen molar-refractivity contribution in [2.45, 2.75) is 127 Å². The summed E-state index contributed by atoms with van der Waals surface area (Å²) >= 11 is 0. The summed E-state index contributed by atoms with van der Waals surface area (Å²) in [6.45, 7) is 30.5. The first-order chi connectivity index (χ1) is 14.9. The molecule has 32 heavy (non-hydrogen) atoms. The summed E-state index contributed by atoms with van der Waals surface area (Å²) in [5, 5.41) is 0. The van der Waals surface area contributed by atoms with Gasteiger partial charge in [-0.05, 0) is 72.0 Å². The van der Waals surface area contributed by atoms with Crippen molar-refractivity contribution in [2.24, 2.45) is 35.5 Å². The van der Waals surface area contributed by atoms with E-state index in [2.05, 4.69) is 82.4 Å². The minimum Gasteiger partial charge on any atom is -0.207 e. The van der Waals surface area contributed by atoms with Crippen LogP contribution in [0.15, 0.2) is 36.2 Å². The largest absolute Gasteiger partial charge is 0.207 e. The van der Waals surface area contributed by atoms with E-state index in [1.54, 1.807) is 6.08 Å². The molecule has 0 aromatic heterocycles. The molecule has 0 aromatic carbocycles. The lowest BCUT2D eigenvalue weighted by atomic mass is 9.83. The highest BCUT2D eigenvalue weighted by atomic mass is 19.1. The second kappa shape index (κ2) is 19.6. The summed E-state index contributed by atoms with van der Waals surface area (Å²) in [5.74, 6) is 3.29. The van der Waals surface area contributed by atoms with Crippen LogP contribution in [0.3, 0.4) is 0 Å². The molecule has 0 aliphatic rings. The zero-order valence-corrected chi connectivity index (χ0v) is 23.7. The van der Waals surface area contributed by atoms with E-state index in [1.165, 1.54) is 38.5 Å². The molecule has 0 spiro atoms. The van der Waals surface area contributed by atoms with Crippen LogP contribution in [0.5, 0.6) is 0 Å². The molecule has 0 bridgehead atoms. The summed E-state index contributed by atoms with van der Waals surface area (Å²) in [6, 6.07) is 0. The van der Waals surface area contributed by atoms with Crippen molar-refractivity contribution in [1.82, 2.24) is 0 Å². The monoisotopic (exact) mass is 450 g/mol. The van der Waals surface area contributed by atoms with Gasteiger partial charge in [-0.25, -0.2) is 4.39 Å². The molecule has 0 heterocycles. The van der Waals surface area contributed by atoms with Crippen LogP contribution in [0.4, 0.5) is 4.39 Å². The average Bonchev–Trinajstić information content (AvgIpc) is 2.77. The fraction of sp³-hybridized carbons (Fsp3) is 0.806. The van der Waals surface area contributed by atoms with Gasteiger partial charge >= 0.3 is 0 Å². The molecule has 190 valence electrons. The van der Waals surface area contributed by atoms with Crippen LogP contribution >= 0.6 is 0 Å². The fourth-order valence-corrected chi connectivity index (χ4v) is 3.56. The molecule has 0 aromatic rings. The van der Waals surface area contributed by atoms with E-state index in [0.717, 1.165) is 42.6 Å². The molecule has 0 amide bonds. The van der Waals surface area contributed by atoms with Gasteiger partial charge in [0.15, 0.2) is 0 Å². The highest BCUT2D eigenvalue weighted by Crippen LogP contribution is 2.30. The van der Waals surface area contributed by atoms with Crippen molar-refractivity contribution < 1.29 is 4.39 Å². The van der Waals surface area contributed by atoms with Gasteiger partial charge in [0.05, 0.1) is 0 Å². The summed E-state index contributed by atoms with van der Waals surface area (Å²) in [4.78, 5) is 0. The predicted molar refractivity (Wildman–Crippen MR) is 147 cm³/mol. The first-order valence-corrected chi connectivity index (χ1v) is 13.7. The number of hydrogen-bond acceptors (Lipinski definition) is 0. The maximum absolute atomic E-state index is 14.8. The number of halogens is 1. The quantitative estimate of drug-likeness (QED) is 0.205. The van der Waals surface area contributed by atoms with Gasteiger partial charge in [-0.2, -0.15) is 0 Å². The van der Waals surface area contributed by atoms with Crippen LogP contribution in [-0.4, -0.2) is 0 Å². The third-order valence-corrected chi connectivity index (χ3v) is 7.47. The zero-order valence-electron chi connectivity index (χ0n) is 23.7. The van der Waals surface area contributed by atoms with Crippen LogP contribution in [0.25, 0.3) is 0 Å². The van der Waals surface area contributed by atoms with Gasteiger partial charge in [-0.1, -0.05) is 121 Å². The predicted octanol–water partition coefficient (Wildman–Crippen LogP) is 11.3. The van der Waals surface area contributed by atoms with Crippen LogP contribution in [-0.2, 0) is 0 Å². The summed E-state index contributed by atoms with van der Waals surface area (Å²) in [5.41, 5.74) is 1.53. The Morgan fingerprint density at radius 1 is 0.656 bits per heavy atom. The standard InChI is InChI=1S/C28H51F.C3H8/c1-11-20(3)13-15-22(5)23(6)17-18-25(8)27(10)28(29)19-26(9)24(7)16-14-21(4)12-2;1-3-2/h19-25H,9-18H2,1-8H3;3H2,1-2H3/b28-19+;. The van der Waals surface area contributed by atoms with Gasteiger partial charge in [-0.3, -0.25) is 0 Å². The van der Waals surface area contributed by atoms with E-state index in [1.807, 2.05) is 0 Å². The third kappa shape index (κ3) is 15.9. The molecule has 0 rings (SSSR count). The normalized spacial score (nSPS) is 17.4. The van der Waals surface area contributed by atoms with Gasteiger partial charge in [0.2, 0.25) is 0 Å². The van der Waals surface area contributed by atoms with E-state index in [0.29, 0.717) is 17.4 Å². The van der Waals surface area contributed by atoms with Crippen LogP contribution < -0.4 is 0 Å². The maximum atomic E-state index is 14.8. The Morgan fingerprint density at radius 2 is 1.03 bits per heavy atom. The molecule has 6 atom stereocenters. The Bertz CT molecular complexity index is 515. The fourth-order valence-electron chi connectivity index (χ4n) is 3.56. The Kier molecular flexibility index (Phi) is 20.4. The summed E-state index contributed by atoms with van der Waals surface area (Å²) in [7, 11) is 0. The number of rotatable bonds is 16. The molecule has 0 nitrogen and oxygen atoms in total. The van der Waals surface area contributed by atoms with Crippen molar-refractivity contribution in [3.05, 3.63) is 36.2 Å². The van der Waals surface area contributed by atoms with E-state index in [4.69, 9.17) is 0 Å². The Hall–Kier alpha value is -0.850. The highest BCUT2D eigenvalue weighted by molar-refractivity contribution is 5.32. The van der Waals surface area contributed by atoms with Crippen LogP contribution in [0, 0.1) is 35.5 Å². The lowest BCUT2D eigenvalue weighted by molar-refractivity contribution is 0.300. The van der Waals surface area contributed by atoms with Crippen molar-refractivity contribution in [3.63, 3.8) is 0 Å². The van der Waals surface area contributed by atoms with Crippen molar-refractivity contribution in [2.75, 3.05) is 0 Å². The summed E-state index contributed by atoms with van der Waals surface area (Å²) < 4.78 is 14.8. The van der Waals surface area contributed by atoms with Gasteiger partial charge in [0, 0.05) is 0 Å². The minimum absolute atomic E-state index is 0.171. The maximum Gasteiger partial charge on any atom is 0.126 e. The number of allylic oxidation sites excluding steroid dienone is 4. The minimum atomic E-state index is -0.171. The molecule has 6 unspecified atom stereocenters. The lowest BCUT2D eigenvalue weighted by Crippen LogP contribution is -2.12. The molecular formula is C31H59F.